The summed E-state index contributed by atoms with van der Waals surface area (Å²) in [6, 6.07) is 6.45. The van der Waals surface area contributed by atoms with Crippen molar-refractivity contribution < 1.29 is 0 Å². The molecule has 0 aromatic heterocycles. The Kier molecular flexibility index (Phi) is 3.82. The van der Waals surface area contributed by atoms with Crippen molar-refractivity contribution in [3.63, 3.8) is 0 Å². The van der Waals surface area contributed by atoms with Gasteiger partial charge in [-0.25, -0.2) is 0 Å². The Morgan fingerprint density at radius 3 is 2.81 bits per heavy atom. The van der Waals surface area contributed by atoms with E-state index < -0.39 is 0 Å². The summed E-state index contributed by atoms with van der Waals surface area (Å²) in [7, 11) is 0. The van der Waals surface area contributed by atoms with E-state index in [1.807, 2.05) is 0 Å². The Bertz CT molecular complexity index is 409. The van der Waals surface area contributed by atoms with E-state index >= 15 is 0 Å². The van der Waals surface area contributed by atoms with Gasteiger partial charge in [0.05, 0.1) is 6.04 Å². The minimum absolute atomic E-state index is 0.0644. The van der Waals surface area contributed by atoms with Crippen LogP contribution in [-0.4, -0.2) is 0 Å². The number of hydrogen-bond donors (Lipinski definition) is 1. The highest BCUT2D eigenvalue weighted by molar-refractivity contribution is 9.10. The van der Waals surface area contributed by atoms with Crippen molar-refractivity contribution in [1.82, 2.24) is 0 Å². The second kappa shape index (κ2) is 5.15. The highest BCUT2D eigenvalue weighted by Gasteiger charge is 2.16. The van der Waals surface area contributed by atoms with Crippen LogP contribution in [0.3, 0.4) is 0 Å². The zero-order valence-corrected chi connectivity index (χ0v) is 11.3. The first kappa shape index (κ1) is 11.9. The van der Waals surface area contributed by atoms with Crippen LogP contribution in [0.2, 0.25) is 0 Å². The van der Waals surface area contributed by atoms with Gasteiger partial charge in [-0.1, -0.05) is 45.3 Å². The Balaban J connectivity index is 2.29. The smallest absolute Gasteiger partial charge is 0.0522 e. The van der Waals surface area contributed by atoms with Crippen LogP contribution in [0.15, 0.2) is 34.3 Å². The lowest BCUT2D eigenvalue weighted by atomic mass is 9.90. The fraction of sp³-hybridized carbons (Fsp3) is 0.429. The molecule has 0 aliphatic heterocycles. The quantitative estimate of drug-likeness (QED) is 0.805. The molecule has 86 valence electrons. The Labute approximate surface area is 106 Å². The van der Waals surface area contributed by atoms with Crippen molar-refractivity contribution in [1.29, 1.82) is 0 Å². The number of aryl methyl sites for hydroxylation is 1. The Morgan fingerprint density at radius 1 is 1.31 bits per heavy atom. The Morgan fingerprint density at radius 2 is 2.12 bits per heavy atom. The molecule has 1 aliphatic rings. The van der Waals surface area contributed by atoms with E-state index in [2.05, 4.69) is 47.1 Å². The summed E-state index contributed by atoms with van der Waals surface area (Å²) in [6.45, 7) is 2.11. The van der Waals surface area contributed by atoms with E-state index in [4.69, 9.17) is 5.73 Å². The molecule has 0 saturated heterocycles. The molecule has 0 amide bonds. The SMILES string of the molecule is Cc1ccc(Br)c(C(N)C2=CCCCC2)c1. The third-order valence-electron chi connectivity index (χ3n) is 3.21. The van der Waals surface area contributed by atoms with Crippen molar-refractivity contribution in [3.05, 3.63) is 45.4 Å². The van der Waals surface area contributed by atoms with E-state index in [0.29, 0.717) is 0 Å². The number of nitrogens with two attached hydrogens (primary N) is 1. The first-order chi connectivity index (χ1) is 7.68. The maximum absolute atomic E-state index is 6.34. The van der Waals surface area contributed by atoms with Crippen LogP contribution in [0.4, 0.5) is 0 Å². The van der Waals surface area contributed by atoms with Crippen molar-refractivity contribution >= 4 is 15.9 Å². The molecule has 0 radical (unpaired) electrons. The van der Waals surface area contributed by atoms with Crippen LogP contribution in [0.25, 0.3) is 0 Å². The van der Waals surface area contributed by atoms with Crippen LogP contribution < -0.4 is 5.73 Å². The molecule has 2 heteroatoms. The fourth-order valence-corrected chi connectivity index (χ4v) is 2.74. The molecule has 1 nitrogen and oxygen atoms in total. The largest absolute Gasteiger partial charge is 0.321 e. The van der Waals surface area contributed by atoms with Gasteiger partial charge in [-0.2, -0.15) is 0 Å². The van der Waals surface area contributed by atoms with Gasteiger partial charge in [0, 0.05) is 4.47 Å². The zero-order chi connectivity index (χ0) is 11.5. The van der Waals surface area contributed by atoms with E-state index in [-0.39, 0.29) is 6.04 Å². The minimum atomic E-state index is 0.0644. The predicted molar refractivity (Wildman–Crippen MR) is 72.4 cm³/mol. The van der Waals surface area contributed by atoms with Gasteiger partial charge in [-0.05, 0) is 44.2 Å². The summed E-state index contributed by atoms with van der Waals surface area (Å²) in [5.41, 5.74) is 10.2. The number of benzene rings is 1. The molecule has 2 rings (SSSR count). The molecular formula is C14H18BrN. The number of hydrogen-bond acceptors (Lipinski definition) is 1. The van der Waals surface area contributed by atoms with Crippen LogP contribution in [0, 0.1) is 6.92 Å². The highest BCUT2D eigenvalue weighted by atomic mass is 79.9. The molecule has 0 fully saturated rings. The van der Waals surface area contributed by atoms with Crippen molar-refractivity contribution in [2.75, 3.05) is 0 Å². The van der Waals surface area contributed by atoms with Gasteiger partial charge in [-0.3, -0.25) is 0 Å². The van der Waals surface area contributed by atoms with Gasteiger partial charge in [0.1, 0.15) is 0 Å². The molecule has 1 aromatic rings. The van der Waals surface area contributed by atoms with E-state index in [1.54, 1.807) is 0 Å². The van der Waals surface area contributed by atoms with Crippen molar-refractivity contribution in [3.8, 4) is 0 Å². The molecule has 16 heavy (non-hydrogen) atoms. The average Bonchev–Trinajstić information content (AvgIpc) is 2.32. The van der Waals surface area contributed by atoms with Gasteiger partial charge in [0.15, 0.2) is 0 Å². The number of rotatable bonds is 2. The van der Waals surface area contributed by atoms with Crippen LogP contribution in [0.1, 0.15) is 42.9 Å². The Hall–Kier alpha value is -0.600. The molecule has 0 bridgehead atoms. The molecule has 1 atom stereocenters. The van der Waals surface area contributed by atoms with Crippen LogP contribution in [-0.2, 0) is 0 Å². The zero-order valence-electron chi connectivity index (χ0n) is 9.67. The van der Waals surface area contributed by atoms with Crippen LogP contribution in [0.5, 0.6) is 0 Å². The summed E-state index contributed by atoms with van der Waals surface area (Å²) < 4.78 is 1.12. The monoisotopic (exact) mass is 279 g/mol. The van der Waals surface area contributed by atoms with Gasteiger partial charge in [0.25, 0.3) is 0 Å². The maximum Gasteiger partial charge on any atom is 0.0522 e. The molecular weight excluding hydrogens is 262 g/mol. The second-order valence-corrected chi connectivity index (χ2v) is 5.38. The van der Waals surface area contributed by atoms with E-state index in [1.165, 1.54) is 36.0 Å². The van der Waals surface area contributed by atoms with E-state index in [0.717, 1.165) is 10.9 Å². The number of halogens is 1. The molecule has 1 aliphatic carbocycles. The summed E-state index contributed by atoms with van der Waals surface area (Å²) in [4.78, 5) is 0. The summed E-state index contributed by atoms with van der Waals surface area (Å²) in [5.74, 6) is 0. The van der Waals surface area contributed by atoms with E-state index in [9.17, 15) is 0 Å². The minimum Gasteiger partial charge on any atom is -0.321 e. The van der Waals surface area contributed by atoms with Gasteiger partial charge < -0.3 is 5.73 Å². The van der Waals surface area contributed by atoms with Crippen LogP contribution >= 0.6 is 15.9 Å². The predicted octanol–water partition coefficient (Wildman–Crippen LogP) is 4.26. The lowest BCUT2D eigenvalue weighted by Gasteiger charge is -2.21. The first-order valence-corrected chi connectivity index (χ1v) is 6.68. The summed E-state index contributed by atoms with van der Waals surface area (Å²) in [6.07, 6.45) is 7.26. The summed E-state index contributed by atoms with van der Waals surface area (Å²) in [5, 5.41) is 0. The molecule has 0 heterocycles. The molecule has 2 N–H and O–H groups in total. The normalized spacial score (nSPS) is 18.1. The molecule has 0 saturated carbocycles. The average molecular weight is 280 g/mol. The first-order valence-electron chi connectivity index (χ1n) is 5.89. The molecule has 0 spiro atoms. The maximum atomic E-state index is 6.34. The van der Waals surface area contributed by atoms with Gasteiger partial charge in [-0.15, -0.1) is 0 Å². The number of allylic oxidation sites excluding steroid dienone is 1. The van der Waals surface area contributed by atoms with Gasteiger partial charge in [0.2, 0.25) is 0 Å². The fourth-order valence-electron chi connectivity index (χ4n) is 2.25. The molecule has 1 aromatic carbocycles. The third kappa shape index (κ3) is 2.55. The highest BCUT2D eigenvalue weighted by Crippen LogP contribution is 2.32. The van der Waals surface area contributed by atoms with Crippen molar-refractivity contribution in [2.45, 2.75) is 38.6 Å². The lowest BCUT2D eigenvalue weighted by molar-refractivity contribution is 0.647. The lowest BCUT2D eigenvalue weighted by Crippen LogP contribution is -2.15. The summed E-state index contributed by atoms with van der Waals surface area (Å²) >= 11 is 3.59. The second-order valence-electron chi connectivity index (χ2n) is 4.53. The third-order valence-corrected chi connectivity index (χ3v) is 3.93. The van der Waals surface area contributed by atoms with Crippen molar-refractivity contribution in [2.24, 2.45) is 5.73 Å². The topological polar surface area (TPSA) is 26.0 Å². The standard InChI is InChI=1S/C14H18BrN/c1-10-7-8-13(15)12(9-10)14(16)11-5-3-2-4-6-11/h5,7-9,14H,2-4,6,16H2,1H3. The molecule has 1 unspecified atom stereocenters. The van der Waals surface area contributed by atoms with Gasteiger partial charge >= 0.3 is 0 Å².